The molecule has 0 radical (unpaired) electrons. The first-order chi connectivity index (χ1) is 14.4. The molecule has 1 aliphatic rings. The van der Waals surface area contributed by atoms with E-state index in [2.05, 4.69) is 10.3 Å². The van der Waals surface area contributed by atoms with E-state index in [9.17, 15) is 9.59 Å². The average Bonchev–Trinajstić information content (AvgIpc) is 3.22. The zero-order chi connectivity index (χ0) is 21.7. The summed E-state index contributed by atoms with van der Waals surface area (Å²) in [6.45, 7) is 5.18. The van der Waals surface area contributed by atoms with Crippen LogP contribution < -0.4 is 10.1 Å². The second-order valence-corrected chi connectivity index (χ2v) is 7.69. The van der Waals surface area contributed by atoms with Crippen LogP contribution in [0.4, 0.5) is 0 Å². The van der Waals surface area contributed by atoms with Gasteiger partial charge in [0.2, 0.25) is 5.91 Å². The third-order valence-corrected chi connectivity index (χ3v) is 5.24. The quantitative estimate of drug-likeness (QED) is 0.726. The molecule has 2 heterocycles. The van der Waals surface area contributed by atoms with Crippen molar-refractivity contribution in [2.24, 2.45) is 0 Å². The molecule has 8 heteroatoms. The molecule has 1 aliphatic heterocycles. The van der Waals surface area contributed by atoms with Crippen LogP contribution in [0.3, 0.4) is 0 Å². The highest BCUT2D eigenvalue weighted by atomic mass is 16.5. The first kappa shape index (κ1) is 21.8. The number of rotatable bonds is 7. The van der Waals surface area contributed by atoms with Gasteiger partial charge >= 0.3 is 0 Å². The lowest BCUT2D eigenvalue weighted by Gasteiger charge is -2.32. The molecule has 2 amide bonds. The maximum atomic E-state index is 12.5. The van der Waals surface area contributed by atoms with Crippen LogP contribution in [0.1, 0.15) is 48.9 Å². The van der Waals surface area contributed by atoms with Gasteiger partial charge in [-0.2, -0.15) is 0 Å². The Morgan fingerprint density at radius 2 is 2.03 bits per heavy atom. The molecule has 0 bridgehead atoms. The van der Waals surface area contributed by atoms with E-state index in [1.54, 1.807) is 14.2 Å². The van der Waals surface area contributed by atoms with Crippen LogP contribution in [0.5, 0.6) is 5.75 Å². The highest BCUT2D eigenvalue weighted by Gasteiger charge is 2.29. The number of imidazole rings is 1. The Bertz CT molecular complexity index is 876. The summed E-state index contributed by atoms with van der Waals surface area (Å²) in [4.78, 5) is 34.8. The van der Waals surface area contributed by atoms with E-state index in [-0.39, 0.29) is 30.4 Å². The molecular formula is C22H30N4O4. The molecule has 1 fully saturated rings. The molecule has 0 aliphatic carbocycles. The molecule has 1 atom stereocenters. The van der Waals surface area contributed by atoms with Gasteiger partial charge in [0.25, 0.3) is 5.91 Å². The molecule has 2 N–H and O–H groups in total. The van der Waals surface area contributed by atoms with E-state index in [0.717, 1.165) is 30.0 Å². The number of piperidine rings is 1. The number of ether oxygens (including phenoxy) is 2. The monoisotopic (exact) mass is 414 g/mol. The Morgan fingerprint density at radius 1 is 1.30 bits per heavy atom. The maximum absolute atomic E-state index is 12.5. The third kappa shape index (κ3) is 4.99. The highest BCUT2D eigenvalue weighted by molar-refractivity contribution is 5.98. The number of methoxy groups -OCH3 is 1. The van der Waals surface area contributed by atoms with E-state index in [1.807, 2.05) is 43.0 Å². The normalized spacial score (nSPS) is 16.6. The number of benzene rings is 1. The van der Waals surface area contributed by atoms with Gasteiger partial charge in [-0.1, -0.05) is 0 Å². The van der Waals surface area contributed by atoms with Gasteiger partial charge in [-0.25, -0.2) is 4.98 Å². The number of aromatic nitrogens is 2. The van der Waals surface area contributed by atoms with Crippen LogP contribution in [0.2, 0.25) is 0 Å². The molecule has 8 nitrogen and oxygen atoms in total. The van der Waals surface area contributed by atoms with Gasteiger partial charge in [0.15, 0.2) is 0 Å². The van der Waals surface area contributed by atoms with E-state index < -0.39 is 0 Å². The number of nitrogens with zero attached hydrogens (tertiary/aromatic N) is 2. The van der Waals surface area contributed by atoms with E-state index in [0.29, 0.717) is 24.5 Å². The molecule has 0 saturated carbocycles. The molecule has 0 spiro atoms. The summed E-state index contributed by atoms with van der Waals surface area (Å²) < 4.78 is 10.7. The van der Waals surface area contributed by atoms with E-state index >= 15 is 0 Å². The van der Waals surface area contributed by atoms with Crippen molar-refractivity contribution in [1.82, 2.24) is 20.2 Å². The van der Waals surface area contributed by atoms with Crippen LogP contribution in [0.25, 0.3) is 11.3 Å². The van der Waals surface area contributed by atoms with Crippen molar-refractivity contribution in [2.75, 3.05) is 33.9 Å². The topological polar surface area (TPSA) is 96.6 Å². The summed E-state index contributed by atoms with van der Waals surface area (Å²) in [5.74, 6) is 1.26. The molecule has 1 aromatic heterocycles. The molecule has 1 aromatic carbocycles. The first-order valence-electron chi connectivity index (χ1n) is 10.3. The predicted molar refractivity (Wildman–Crippen MR) is 114 cm³/mol. The lowest BCUT2D eigenvalue weighted by molar-refractivity contribution is -0.138. The minimum atomic E-state index is -0.228. The lowest BCUT2D eigenvalue weighted by atomic mass is 9.97. The Morgan fingerprint density at radius 3 is 2.67 bits per heavy atom. The summed E-state index contributed by atoms with van der Waals surface area (Å²) in [6.07, 6.45) is 1.80. The van der Waals surface area contributed by atoms with E-state index in [4.69, 9.17) is 14.5 Å². The summed E-state index contributed by atoms with van der Waals surface area (Å²) in [6, 6.07) is 7.44. The smallest absolute Gasteiger partial charge is 0.269 e. The van der Waals surface area contributed by atoms with Gasteiger partial charge in [-0.3, -0.25) is 9.59 Å². The fraction of sp³-hybridized carbons (Fsp3) is 0.500. The predicted octanol–water partition coefficient (Wildman–Crippen LogP) is 2.58. The molecular weight excluding hydrogens is 384 g/mol. The number of H-pyrrole nitrogens is 1. The van der Waals surface area contributed by atoms with Crippen molar-refractivity contribution >= 4 is 11.8 Å². The number of likely N-dealkylation sites (tertiary alicyclic amines) is 1. The number of amides is 2. The Balaban J connectivity index is 1.83. The molecule has 30 heavy (non-hydrogen) atoms. The van der Waals surface area contributed by atoms with Crippen LogP contribution >= 0.6 is 0 Å². The van der Waals surface area contributed by atoms with Gasteiger partial charge in [0.1, 0.15) is 29.6 Å². The maximum Gasteiger partial charge on any atom is 0.269 e. The molecule has 3 rings (SSSR count). The van der Waals surface area contributed by atoms with Gasteiger partial charge in [-0.05, 0) is 51.0 Å². The van der Waals surface area contributed by atoms with Crippen LogP contribution in [-0.4, -0.2) is 66.6 Å². The van der Waals surface area contributed by atoms with Crippen molar-refractivity contribution in [1.29, 1.82) is 0 Å². The molecule has 2 aromatic rings. The van der Waals surface area contributed by atoms with Crippen molar-refractivity contribution < 1.29 is 19.1 Å². The number of carbonyl (C=O) groups is 2. The van der Waals surface area contributed by atoms with Crippen LogP contribution in [-0.2, 0) is 9.53 Å². The fourth-order valence-corrected chi connectivity index (χ4v) is 3.59. The summed E-state index contributed by atoms with van der Waals surface area (Å²) in [5.41, 5.74) is 1.84. The van der Waals surface area contributed by atoms with Crippen LogP contribution in [0.15, 0.2) is 24.3 Å². The summed E-state index contributed by atoms with van der Waals surface area (Å²) >= 11 is 0. The standard InChI is InChI=1S/C22H30N4O4/c1-14(2)30-13-18(27)26-11-5-6-16(12-26)21-24-19(20(25-21)22(28)23-3)15-7-9-17(29-4)10-8-15/h7-10,14,16H,5-6,11-13H2,1-4H3,(H,23,28)(H,24,25). The Hall–Kier alpha value is -2.87. The van der Waals surface area contributed by atoms with Gasteiger partial charge in [0.05, 0.1) is 13.2 Å². The second-order valence-electron chi connectivity index (χ2n) is 7.69. The summed E-state index contributed by atoms with van der Waals surface area (Å²) in [5, 5.41) is 2.67. The average molecular weight is 415 g/mol. The van der Waals surface area contributed by atoms with Gasteiger partial charge in [-0.15, -0.1) is 0 Å². The minimum absolute atomic E-state index is 0.0122. The van der Waals surface area contributed by atoms with Crippen molar-refractivity contribution in [3.8, 4) is 17.0 Å². The Kier molecular flexibility index (Phi) is 7.10. The van der Waals surface area contributed by atoms with Gasteiger partial charge in [0, 0.05) is 31.6 Å². The van der Waals surface area contributed by atoms with Crippen molar-refractivity contribution in [2.45, 2.75) is 38.7 Å². The molecule has 1 saturated heterocycles. The fourth-order valence-electron chi connectivity index (χ4n) is 3.59. The first-order valence-corrected chi connectivity index (χ1v) is 10.3. The number of hydrogen-bond donors (Lipinski definition) is 2. The number of carbonyl (C=O) groups excluding carboxylic acids is 2. The van der Waals surface area contributed by atoms with Crippen LogP contribution in [0, 0.1) is 0 Å². The highest BCUT2D eigenvalue weighted by Crippen LogP contribution is 2.30. The lowest BCUT2D eigenvalue weighted by Crippen LogP contribution is -2.41. The number of aromatic amines is 1. The molecule has 1 unspecified atom stereocenters. The summed E-state index contributed by atoms with van der Waals surface area (Å²) in [7, 11) is 3.20. The second kappa shape index (κ2) is 9.75. The zero-order valence-corrected chi connectivity index (χ0v) is 18.0. The third-order valence-electron chi connectivity index (χ3n) is 5.24. The minimum Gasteiger partial charge on any atom is -0.497 e. The molecule has 162 valence electrons. The number of hydrogen-bond acceptors (Lipinski definition) is 5. The Labute approximate surface area is 177 Å². The largest absolute Gasteiger partial charge is 0.497 e. The SMILES string of the molecule is CNC(=O)c1[nH]c(C2CCCN(C(=O)COC(C)C)C2)nc1-c1ccc(OC)cc1. The van der Waals surface area contributed by atoms with E-state index in [1.165, 1.54) is 0 Å². The van der Waals surface area contributed by atoms with Gasteiger partial charge < -0.3 is 24.7 Å². The van der Waals surface area contributed by atoms with Crippen molar-refractivity contribution in [3.63, 3.8) is 0 Å². The van der Waals surface area contributed by atoms with Crippen molar-refractivity contribution in [3.05, 3.63) is 35.8 Å². The zero-order valence-electron chi connectivity index (χ0n) is 18.0. The number of nitrogens with one attached hydrogen (secondary N) is 2.